The van der Waals surface area contributed by atoms with Gasteiger partial charge in [0.1, 0.15) is 0 Å². The Hall–Kier alpha value is -1.08. The molecule has 1 aliphatic rings. The molecule has 2 unspecified atom stereocenters. The molecule has 0 amide bonds. The second-order valence-corrected chi connectivity index (χ2v) is 8.32. The van der Waals surface area contributed by atoms with Gasteiger partial charge in [0.25, 0.3) is 0 Å². The molecular weight excluding hydrogens is 266 g/mol. The van der Waals surface area contributed by atoms with Crippen LogP contribution in [0.25, 0.3) is 6.08 Å². The highest BCUT2D eigenvalue weighted by molar-refractivity contribution is 5.53. The first kappa shape index (κ1) is 17.3. The molecule has 0 N–H and O–H groups in total. The second-order valence-electron chi connectivity index (χ2n) is 8.32. The van der Waals surface area contributed by atoms with E-state index in [9.17, 15) is 0 Å². The summed E-state index contributed by atoms with van der Waals surface area (Å²) in [6, 6.07) is 9.77. The van der Waals surface area contributed by atoms with Crippen LogP contribution in [0, 0.1) is 5.92 Å². The first-order valence-corrected chi connectivity index (χ1v) is 8.77. The third-order valence-corrected chi connectivity index (χ3v) is 4.89. The van der Waals surface area contributed by atoms with E-state index < -0.39 is 0 Å². The largest absolute Gasteiger partial charge is 0.296 e. The molecule has 1 saturated heterocycles. The van der Waals surface area contributed by atoms with Crippen LogP contribution in [0.1, 0.15) is 65.5 Å². The molecule has 0 radical (unpaired) electrons. The standard InChI is InChI=1S/C21H33N/c1-16-7-8-18(3)22(14-16)15-17(2)13-19-9-11-20(12-10-19)21(4,5)6/h9-13,16,18H,7-8,14-15H2,1-6H3. The predicted octanol–water partition coefficient (Wildman–Crippen LogP) is 5.51. The maximum atomic E-state index is 2.64. The monoisotopic (exact) mass is 299 g/mol. The normalized spacial score (nSPS) is 24.5. The van der Waals surface area contributed by atoms with E-state index in [1.54, 1.807) is 0 Å². The van der Waals surface area contributed by atoms with E-state index in [0.717, 1.165) is 18.5 Å². The Labute approximate surface area is 137 Å². The van der Waals surface area contributed by atoms with Gasteiger partial charge in [0.15, 0.2) is 0 Å². The van der Waals surface area contributed by atoms with E-state index >= 15 is 0 Å². The first-order chi connectivity index (χ1) is 10.3. The molecule has 1 fully saturated rings. The SMILES string of the molecule is CC(=Cc1ccc(C(C)(C)C)cc1)CN1CC(C)CCC1C. The van der Waals surface area contributed by atoms with Gasteiger partial charge in [-0.3, -0.25) is 4.90 Å². The molecule has 1 aliphatic heterocycles. The topological polar surface area (TPSA) is 3.24 Å². The van der Waals surface area contributed by atoms with Crippen LogP contribution in [0.15, 0.2) is 29.8 Å². The van der Waals surface area contributed by atoms with Gasteiger partial charge in [0, 0.05) is 19.1 Å². The third kappa shape index (κ3) is 4.71. The maximum Gasteiger partial charge on any atom is 0.0196 e. The van der Waals surface area contributed by atoms with E-state index in [1.807, 2.05) is 0 Å². The summed E-state index contributed by atoms with van der Waals surface area (Å²) in [5.41, 5.74) is 4.42. The minimum atomic E-state index is 0.233. The molecule has 0 saturated carbocycles. The predicted molar refractivity (Wildman–Crippen MR) is 98.2 cm³/mol. The van der Waals surface area contributed by atoms with Crippen molar-refractivity contribution in [1.82, 2.24) is 4.90 Å². The minimum Gasteiger partial charge on any atom is -0.296 e. The van der Waals surface area contributed by atoms with E-state index in [4.69, 9.17) is 0 Å². The summed E-state index contributed by atoms with van der Waals surface area (Å²) >= 11 is 0. The highest BCUT2D eigenvalue weighted by atomic mass is 15.2. The van der Waals surface area contributed by atoms with Crippen molar-refractivity contribution in [2.45, 2.75) is 65.8 Å². The lowest BCUT2D eigenvalue weighted by Crippen LogP contribution is -2.41. The summed E-state index contributed by atoms with van der Waals surface area (Å²) in [5, 5.41) is 0. The van der Waals surface area contributed by atoms with Crippen molar-refractivity contribution in [1.29, 1.82) is 0 Å². The van der Waals surface area contributed by atoms with Gasteiger partial charge in [-0.25, -0.2) is 0 Å². The van der Waals surface area contributed by atoms with Gasteiger partial charge in [-0.1, -0.05) is 63.6 Å². The van der Waals surface area contributed by atoms with E-state index in [1.165, 1.54) is 36.1 Å². The van der Waals surface area contributed by atoms with E-state index in [-0.39, 0.29) is 5.41 Å². The van der Waals surface area contributed by atoms with Gasteiger partial charge < -0.3 is 0 Å². The van der Waals surface area contributed by atoms with Crippen molar-refractivity contribution in [3.8, 4) is 0 Å². The summed E-state index contributed by atoms with van der Waals surface area (Å²) in [6.45, 7) is 16.2. The number of piperidine rings is 1. The van der Waals surface area contributed by atoms with Gasteiger partial charge in [0.2, 0.25) is 0 Å². The van der Waals surface area contributed by atoms with Crippen LogP contribution < -0.4 is 0 Å². The molecule has 0 aliphatic carbocycles. The molecular formula is C21H33N. The van der Waals surface area contributed by atoms with Crippen molar-refractivity contribution < 1.29 is 0 Å². The average molecular weight is 300 g/mol. The summed E-state index contributed by atoms with van der Waals surface area (Å²) < 4.78 is 0. The van der Waals surface area contributed by atoms with Crippen LogP contribution in [-0.4, -0.2) is 24.0 Å². The average Bonchev–Trinajstić information content (AvgIpc) is 2.42. The molecule has 22 heavy (non-hydrogen) atoms. The van der Waals surface area contributed by atoms with Crippen LogP contribution in [0.2, 0.25) is 0 Å². The fourth-order valence-electron chi connectivity index (χ4n) is 3.33. The molecule has 0 spiro atoms. The Morgan fingerprint density at radius 3 is 2.36 bits per heavy atom. The van der Waals surface area contributed by atoms with Crippen molar-refractivity contribution in [3.05, 3.63) is 41.0 Å². The molecule has 1 nitrogen and oxygen atoms in total. The Morgan fingerprint density at radius 1 is 1.14 bits per heavy atom. The van der Waals surface area contributed by atoms with Crippen LogP contribution in [0.5, 0.6) is 0 Å². The van der Waals surface area contributed by atoms with Crippen LogP contribution in [0.3, 0.4) is 0 Å². The minimum absolute atomic E-state index is 0.233. The quantitative estimate of drug-likeness (QED) is 0.711. The molecule has 2 atom stereocenters. The van der Waals surface area contributed by atoms with Gasteiger partial charge in [-0.05, 0) is 49.1 Å². The number of hydrogen-bond donors (Lipinski definition) is 0. The maximum absolute atomic E-state index is 2.64. The Balaban J connectivity index is 2.02. The van der Waals surface area contributed by atoms with Crippen molar-refractivity contribution >= 4 is 6.08 Å². The lowest BCUT2D eigenvalue weighted by atomic mass is 9.86. The fourth-order valence-corrected chi connectivity index (χ4v) is 3.33. The molecule has 122 valence electrons. The third-order valence-electron chi connectivity index (χ3n) is 4.89. The summed E-state index contributed by atoms with van der Waals surface area (Å²) in [4.78, 5) is 2.64. The smallest absolute Gasteiger partial charge is 0.0196 e. The molecule has 1 aromatic carbocycles. The Bertz CT molecular complexity index is 504. The van der Waals surface area contributed by atoms with Gasteiger partial charge in [-0.2, -0.15) is 0 Å². The van der Waals surface area contributed by atoms with Crippen LogP contribution in [0.4, 0.5) is 0 Å². The molecule has 2 rings (SSSR count). The van der Waals surface area contributed by atoms with Crippen molar-refractivity contribution in [3.63, 3.8) is 0 Å². The van der Waals surface area contributed by atoms with Crippen molar-refractivity contribution in [2.24, 2.45) is 5.92 Å². The van der Waals surface area contributed by atoms with E-state index in [0.29, 0.717) is 0 Å². The molecule has 1 aromatic rings. The van der Waals surface area contributed by atoms with Gasteiger partial charge in [-0.15, -0.1) is 0 Å². The molecule has 1 heteroatoms. The highest BCUT2D eigenvalue weighted by Gasteiger charge is 2.22. The molecule has 0 bridgehead atoms. The van der Waals surface area contributed by atoms with Gasteiger partial charge in [0.05, 0.1) is 0 Å². The Kier molecular flexibility index (Phi) is 5.50. The Morgan fingerprint density at radius 2 is 1.77 bits per heavy atom. The van der Waals surface area contributed by atoms with Crippen LogP contribution >= 0.6 is 0 Å². The number of rotatable bonds is 3. The summed E-state index contributed by atoms with van der Waals surface area (Å²) in [5.74, 6) is 0.843. The molecule has 1 heterocycles. The number of hydrogen-bond acceptors (Lipinski definition) is 1. The fraction of sp³-hybridized carbons (Fsp3) is 0.619. The first-order valence-electron chi connectivity index (χ1n) is 8.77. The zero-order valence-electron chi connectivity index (χ0n) is 15.3. The number of nitrogens with zero attached hydrogens (tertiary/aromatic N) is 1. The zero-order valence-corrected chi connectivity index (χ0v) is 15.3. The van der Waals surface area contributed by atoms with Crippen LogP contribution in [-0.2, 0) is 5.41 Å². The van der Waals surface area contributed by atoms with Crippen molar-refractivity contribution in [2.75, 3.05) is 13.1 Å². The highest BCUT2D eigenvalue weighted by Crippen LogP contribution is 2.24. The molecule has 0 aromatic heterocycles. The second kappa shape index (κ2) is 7.00. The van der Waals surface area contributed by atoms with E-state index in [2.05, 4.69) is 76.8 Å². The summed E-state index contributed by atoms with van der Waals surface area (Å²) in [6.07, 6.45) is 5.07. The lowest BCUT2D eigenvalue weighted by Gasteiger charge is -2.37. The van der Waals surface area contributed by atoms with Gasteiger partial charge >= 0.3 is 0 Å². The number of benzene rings is 1. The summed E-state index contributed by atoms with van der Waals surface area (Å²) in [7, 11) is 0. The number of likely N-dealkylation sites (tertiary alicyclic amines) is 1. The lowest BCUT2D eigenvalue weighted by molar-refractivity contribution is 0.137. The zero-order chi connectivity index (χ0) is 16.3.